The predicted octanol–water partition coefficient (Wildman–Crippen LogP) is 0.777. The van der Waals surface area contributed by atoms with E-state index in [4.69, 9.17) is 9.94 Å². The van der Waals surface area contributed by atoms with Crippen molar-refractivity contribution in [2.24, 2.45) is 0 Å². The molecule has 0 radical (unpaired) electrons. The standard InChI is InChI=1S/C12H15FN2O3/c13-11-7-9(12(16)14-17)1-2-10(11)8-15-3-5-18-6-4-15/h1-2,7,17H,3-6,8H2,(H,14,16). The van der Waals surface area contributed by atoms with Crippen molar-refractivity contribution in [2.75, 3.05) is 26.3 Å². The highest BCUT2D eigenvalue weighted by Gasteiger charge is 2.14. The minimum absolute atomic E-state index is 0.0979. The van der Waals surface area contributed by atoms with Gasteiger partial charge in [-0.15, -0.1) is 0 Å². The maximum Gasteiger partial charge on any atom is 0.274 e. The van der Waals surface area contributed by atoms with Crippen LogP contribution in [-0.2, 0) is 11.3 Å². The van der Waals surface area contributed by atoms with Crippen LogP contribution in [-0.4, -0.2) is 42.3 Å². The van der Waals surface area contributed by atoms with Crippen LogP contribution in [0.4, 0.5) is 4.39 Å². The van der Waals surface area contributed by atoms with Crippen molar-refractivity contribution in [2.45, 2.75) is 6.54 Å². The second-order valence-corrected chi connectivity index (χ2v) is 4.14. The minimum Gasteiger partial charge on any atom is -0.379 e. The van der Waals surface area contributed by atoms with E-state index in [0.717, 1.165) is 19.2 Å². The topological polar surface area (TPSA) is 61.8 Å². The van der Waals surface area contributed by atoms with E-state index in [1.54, 1.807) is 6.07 Å². The smallest absolute Gasteiger partial charge is 0.274 e. The van der Waals surface area contributed by atoms with Gasteiger partial charge >= 0.3 is 0 Å². The summed E-state index contributed by atoms with van der Waals surface area (Å²) < 4.78 is 19.0. The lowest BCUT2D eigenvalue weighted by Crippen LogP contribution is -2.35. The number of amides is 1. The number of benzene rings is 1. The molecule has 1 aromatic carbocycles. The number of halogens is 1. The minimum atomic E-state index is -0.716. The molecular formula is C12H15FN2O3. The summed E-state index contributed by atoms with van der Waals surface area (Å²) in [5.74, 6) is -1.16. The largest absolute Gasteiger partial charge is 0.379 e. The number of hydrogen-bond acceptors (Lipinski definition) is 4. The van der Waals surface area contributed by atoms with Crippen LogP contribution >= 0.6 is 0 Å². The quantitative estimate of drug-likeness (QED) is 0.618. The molecule has 1 saturated heterocycles. The molecule has 1 aliphatic heterocycles. The van der Waals surface area contributed by atoms with E-state index >= 15 is 0 Å². The number of hydroxylamine groups is 1. The predicted molar refractivity (Wildman–Crippen MR) is 61.7 cm³/mol. The van der Waals surface area contributed by atoms with E-state index in [0.29, 0.717) is 25.3 Å². The number of nitrogens with zero attached hydrogens (tertiary/aromatic N) is 1. The van der Waals surface area contributed by atoms with Crippen molar-refractivity contribution in [1.82, 2.24) is 10.4 Å². The molecule has 1 amide bonds. The molecule has 0 saturated carbocycles. The lowest BCUT2D eigenvalue weighted by Gasteiger charge is -2.26. The summed E-state index contributed by atoms with van der Waals surface area (Å²) in [5.41, 5.74) is 2.11. The molecule has 1 aromatic rings. The van der Waals surface area contributed by atoms with E-state index in [2.05, 4.69) is 4.90 Å². The molecule has 18 heavy (non-hydrogen) atoms. The highest BCUT2D eigenvalue weighted by Crippen LogP contribution is 2.14. The van der Waals surface area contributed by atoms with Gasteiger partial charge < -0.3 is 4.74 Å². The van der Waals surface area contributed by atoms with E-state index in [1.807, 2.05) is 0 Å². The van der Waals surface area contributed by atoms with E-state index in [9.17, 15) is 9.18 Å². The van der Waals surface area contributed by atoms with Gasteiger partial charge in [0.2, 0.25) is 0 Å². The third-order valence-electron chi connectivity index (χ3n) is 2.91. The summed E-state index contributed by atoms with van der Waals surface area (Å²) in [4.78, 5) is 13.2. The summed E-state index contributed by atoms with van der Waals surface area (Å²) >= 11 is 0. The van der Waals surface area contributed by atoms with Gasteiger partial charge in [-0.1, -0.05) is 6.07 Å². The third kappa shape index (κ3) is 3.04. The third-order valence-corrected chi connectivity index (χ3v) is 2.91. The Morgan fingerprint density at radius 3 is 2.78 bits per heavy atom. The van der Waals surface area contributed by atoms with Gasteiger partial charge in [-0.25, -0.2) is 9.87 Å². The van der Waals surface area contributed by atoms with Crippen LogP contribution in [0.2, 0.25) is 0 Å². The lowest BCUT2D eigenvalue weighted by molar-refractivity contribution is 0.0337. The monoisotopic (exact) mass is 254 g/mol. The Hall–Kier alpha value is -1.50. The average Bonchev–Trinajstić information content (AvgIpc) is 2.41. The van der Waals surface area contributed by atoms with Crippen molar-refractivity contribution in [3.05, 3.63) is 35.1 Å². The average molecular weight is 254 g/mol. The molecule has 6 heteroatoms. The fraction of sp³-hybridized carbons (Fsp3) is 0.417. The maximum atomic E-state index is 13.8. The Balaban J connectivity index is 2.07. The van der Waals surface area contributed by atoms with Gasteiger partial charge in [0.25, 0.3) is 5.91 Å². The number of hydrogen-bond donors (Lipinski definition) is 2. The molecule has 1 fully saturated rings. The van der Waals surface area contributed by atoms with Crippen LogP contribution in [0.1, 0.15) is 15.9 Å². The molecule has 5 nitrogen and oxygen atoms in total. The first-order valence-electron chi connectivity index (χ1n) is 5.73. The Bertz CT molecular complexity index is 433. The van der Waals surface area contributed by atoms with Crippen LogP contribution in [0.25, 0.3) is 0 Å². The Morgan fingerprint density at radius 1 is 1.44 bits per heavy atom. The van der Waals surface area contributed by atoms with Gasteiger partial charge in [-0.2, -0.15) is 0 Å². The van der Waals surface area contributed by atoms with Gasteiger partial charge in [-0.05, 0) is 12.1 Å². The van der Waals surface area contributed by atoms with Crippen molar-refractivity contribution >= 4 is 5.91 Å². The summed E-state index contributed by atoms with van der Waals surface area (Å²) in [5, 5.41) is 8.47. The fourth-order valence-corrected chi connectivity index (χ4v) is 1.88. The molecular weight excluding hydrogens is 239 g/mol. The van der Waals surface area contributed by atoms with E-state index < -0.39 is 11.7 Å². The second kappa shape index (κ2) is 5.90. The van der Waals surface area contributed by atoms with Crippen LogP contribution in [0.5, 0.6) is 0 Å². The van der Waals surface area contributed by atoms with Gasteiger partial charge in [-0.3, -0.25) is 14.9 Å². The van der Waals surface area contributed by atoms with E-state index in [1.165, 1.54) is 11.5 Å². The lowest BCUT2D eigenvalue weighted by atomic mass is 10.1. The molecule has 0 spiro atoms. The maximum absolute atomic E-state index is 13.8. The highest BCUT2D eigenvalue weighted by atomic mass is 19.1. The van der Waals surface area contributed by atoms with Gasteiger partial charge in [0.15, 0.2) is 0 Å². The van der Waals surface area contributed by atoms with Crippen molar-refractivity contribution in [3.8, 4) is 0 Å². The molecule has 0 unspecified atom stereocenters. The zero-order valence-corrected chi connectivity index (χ0v) is 9.86. The van der Waals surface area contributed by atoms with Crippen molar-refractivity contribution < 1.29 is 19.1 Å². The number of ether oxygens (including phenoxy) is 1. The van der Waals surface area contributed by atoms with E-state index in [-0.39, 0.29) is 5.56 Å². The molecule has 98 valence electrons. The van der Waals surface area contributed by atoms with Crippen LogP contribution < -0.4 is 5.48 Å². The first-order chi connectivity index (χ1) is 8.70. The number of morpholine rings is 1. The Kier molecular flexibility index (Phi) is 4.24. The van der Waals surface area contributed by atoms with Crippen LogP contribution in [0.15, 0.2) is 18.2 Å². The van der Waals surface area contributed by atoms with Gasteiger partial charge in [0.1, 0.15) is 5.82 Å². The molecule has 2 N–H and O–H groups in total. The summed E-state index contributed by atoms with van der Waals surface area (Å²) in [6.07, 6.45) is 0. The van der Waals surface area contributed by atoms with Gasteiger partial charge in [0.05, 0.1) is 13.2 Å². The summed E-state index contributed by atoms with van der Waals surface area (Å²) in [7, 11) is 0. The highest BCUT2D eigenvalue weighted by molar-refractivity contribution is 5.93. The first-order valence-corrected chi connectivity index (χ1v) is 5.73. The van der Waals surface area contributed by atoms with Crippen molar-refractivity contribution in [1.29, 1.82) is 0 Å². The Morgan fingerprint density at radius 2 is 2.17 bits per heavy atom. The van der Waals surface area contributed by atoms with Crippen LogP contribution in [0.3, 0.4) is 0 Å². The second-order valence-electron chi connectivity index (χ2n) is 4.14. The zero-order chi connectivity index (χ0) is 13.0. The number of rotatable bonds is 3. The summed E-state index contributed by atoms with van der Waals surface area (Å²) in [6.45, 7) is 3.37. The SMILES string of the molecule is O=C(NO)c1ccc(CN2CCOCC2)c(F)c1. The first kappa shape index (κ1) is 12.9. The number of carbonyl (C=O) groups is 1. The fourth-order valence-electron chi connectivity index (χ4n) is 1.88. The molecule has 0 atom stereocenters. The molecule has 0 aromatic heterocycles. The van der Waals surface area contributed by atoms with Crippen molar-refractivity contribution in [3.63, 3.8) is 0 Å². The molecule has 2 rings (SSSR count). The van der Waals surface area contributed by atoms with Gasteiger partial charge in [0, 0.05) is 30.8 Å². The molecule has 0 aliphatic carbocycles. The molecule has 1 heterocycles. The molecule has 0 bridgehead atoms. The normalized spacial score (nSPS) is 16.6. The number of nitrogens with one attached hydrogen (secondary N) is 1. The zero-order valence-electron chi connectivity index (χ0n) is 9.86. The Labute approximate surface area is 104 Å². The number of carbonyl (C=O) groups excluding carboxylic acids is 1. The molecule has 1 aliphatic rings. The van der Waals surface area contributed by atoms with Crippen LogP contribution in [0, 0.1) is 5.82 Å². The summed E-state index contributed by atoms with van der Waals surface area (Å²) in [6, 6.07) is 4.18.